The Morgan fingerprint density at radius 2 is 1.62 bits per heavy atom. The Morgan fingerprint density at radius 3 is 2.16 bits per heavy atom. The van der Waals surface area contributed by atoms with Gasteiger partial charge < -0.3 is 15.0 Å². The summed E-state index contributed by atoms with van der Waals surface area (Å²) in [5, 5.41) is 3.49. The zero-order valence-electron chi connectivity index (χ0n) is 17.1. The molecule has 2 aromatic rings. The van der Waals surface area contributed by atoms with E-state index < -0.39 is 29.6 Å². The minimum atomic E-state index is -4.89. The fourth-order valence-electron chi connectivity index (χ4n) is 3.80. The van der Waals surface area contributed by atoms with Gasteiger partial charge in [-0.1, -0.05) is 30.3 Å². The highest BCUT2D eigenvalue weighted by Crippen LogP contribution is 2.37. The van der Waals surface area contributed by atoms with Gasteiger partial charge in [-0.3, -0.25) is 0 Å². The van der Waals surface area contributed by atoms with Crippen molar-refractivity contribution >= 4 is 17.3 Å². The maximum atomic E-state index is 13.1. The van der Waals surface area contributed by atoms with E-state index in [4.69, 9.17) is 17.0 Å². The molecule has 0 bridgehead atoms. The first kappa shape index (κ1) is 24.3. The third kappa shape index (κ3) is 5.92. The minimum Gasteiger partial charge on any atom is -0.373 e. The lowest BCUT2D eigenvalue weighted by Crippen LogP contribution is -2.48. The quantitative estimate of drug-likeness (QED) is 0.459. The van der Waals surface area contributed by atoms with Gasteiger partial charge in [-0.2, -0.15) is 26.3 Å². The number of benzene rings is 2. The van der Waals surface area contributed by atoms with Gasteiger partial charge in [0.2, 0.25) is 0 Å². The highest BCUT2D eigenvalue weighted by Gasteiger charge is 2.37. The number of alkyl halides is 6. The SMILES string of the molecule is CNC(=S)N1CCC(OCc2cc(C(F)(F)F)cc(C(F)(F)F)c2)C(c2ccccc2)C1. The van der Waals surface area contributed by atoms with Crippen LogP contribution in [0.3, 0.4) is 0 Å². The Labute approximate surface area is 187 Å². The molecule has 0 aliphatic carbocycles. The summed E-state index contributed by atoms with van der Waals surface area (Å²) in [6.45, 7) is 0.715. The van der Waals surface area contributed by atoms with E-state index in [2.05, 4.69) is 5.32 Å². The molecule has 0 radical (unpaired) electrons. The van der Waals surface area contributed by atoms with Gasteiger partial charge in [-0.25, -0.2) is 0 Å². The van der Waals surface area contributed by atoms with Crippen molar-refractivity contribution in [3.05, 3.63) is 70.8 Å². The van der Waals surface area contributed by atoms with E-state index in [-0.39, 0.29) is 24.2 Å². The average molecular weight is 476 g/mol. The van der Waals surface area contributed by atoms with Gasteiger partial charge in [-0.05, 0) is 48.0 Å². The van der Waals surface area contributed by atoms with Crippen molar-refractivity contribution in [1.82, 2.24) is 10.2 Å². The Bertz CT molecular complexity index is 900. The molecule has 3 nitrogen and oxygen atoms in total. The number of halogens is 6. The summed E-state index contributed by atoms with van der Waals surface area (Å²) in [5.74, 6) is -0.149. The monoisotopic (exact) mass is 476 g/mol. The Kier molecular flexibility index (Phi) is 7.34. The summed E-state index contributed by atoms with van der Waals surface area (Å²) in [6.07, 6.45) is -9.66. The Balaban J connectivity index is 1.83. The molecular formula is C22H22F6N2OS. The molecule has 3 rings (SSSR count). The molecule has 10 heteroatoms. The van der Waals surface area contributed by atoms with Crippen LogP contribution in [-0.4, -0.2) is 36.3 Å². The van der Waals surface area contributed by atoms with E-state index in [1.165, 1.54) is 0 Å². The molecule has 0 spiro atoms. The summed E-state index contributed by atoms with van der Waals surface area (Å²) >= 11 is 5.32. The van der Waals surface area contributed by atoms with Crippen molar-refractivity contribution in [3.8, 4) is 0 Å². The Hall–Kier alpha value is -2.33. The molecule has 2 aromatic carbocycles. The van der Waals surface area contributed by atoms with Crippen molar-refractivity contribution in [2.24, 2.45) is 0 Å². The second-order valence-electron chi connectivity index (χ2n) is 7.57. The molecule has 1 fully saturated rings. The lowest BCUT2D eigenvalue weighted by molar-refractivity contribution is -0.143. The van der Waals surface area contributed by atoms with Crippen LogP contribution in [0.15, 0.2) is 48.5 Å². The van der Waals surface area contributed by atoms with E-state index in [0.717, 1.165) is 5.56 Å². The van der Waals surface area contributed by atoms with Gasteiger partial charge in [0.05, 0.1) is 23.8 Å². The van der Waals surface area contributed by atoms with E-state index in [9.17, 15) is 26.3 Å². The lowest BCUT2D eigenvalue weighted by atomic mass is 9.88. The molecule has 2 unspecified atom stereocenters. The standard InChI is InChI=1S/C22H22F6N2OS/c1-29-20(32)30-8-7-19(18(12-30)15-5-3-2-4-6-15)31-13-14-9-16(21(23,24)25)11-17(10-14)22(26,27)28/h2-6,9-11,18-19H,7-8,12-13H2,1H3,(H,29,32). The van der Waals surface area contributed by atoms with Crippen LogP contribution in [0.5, 0.6) is 0 Å². The number of rotatable bonds is 4. The molecule has 1 saturated heterocycles. The first-order valence-electron chi connectivity index (χ1n) is 9.90. The Morgan fingerprint density at radius 1 is 1.03 bits per heavy atom. The maximum absolute atomic E-state index is 13.1. The largest absolute Gasteiger partial charge is 0.416 e. The first-order valence-corrected chi connectivity index (χ1v) is 10.3. The van der Waals surface area contributed by atoms with Crippen molar-refractivity contribution in [3.63, 3.8) is 0 Å². The molecule has 2 atom stereocenters. The fourth-order valence-corrected chi connectivity index (χ4v) is 3.96. The molecule has 174 valence electrons. The third-order valence-electron chi connectivity index (χ3n) is 5.39. The van der Waals surface area contributed by atoms with Gasteiger partial charge in [0.15, 0.2) is 5.11 Å². The molecule has 0 saturated carbocycles. The maximum Gasteiger partial charge on any atom is 0.416 e. The van der Waals surface area contributed by atoms with Crippen molar-refractivity contribution < 1.29 is 31.1 Å². The van der Waals surface area contributed by atoms with E-state index in [1.807, 2.05) is 35.2 Å². The molecule has 1 N–H and O–H groups in total. The lowest BCUT2D eigenvalue weighted by Gasteiger charge is -2.39. The van der Waals surface area contributed by atoms with Crippen LogP contribution >= 0.6 is 12.2 Å². The second-order valence-corrected chi connectivity index (χ2v) is 7.96. The van der Waals surface area contributed by atoms with Crippen LogP contribution in [0.4, 0.5) is 26.3 Å². The molecule has 0 aromatic heterocycles. The van der Waals surface area contributed by atoms with Gasteiger partial charge in [0.25, 0.3) is 0 Å². The summed E-state index contributed by atoms with van der Waals surface area (Å²) in [7, 11) is 1.72. The second kappa shape index (κ2) is 9.66. The average Bonchev–Trinajstić information content (AvgIpc) is 2.76. The van der Waals surface area contributed by atoms with Crippen molar-refractivity contribution in [1.29, 1.82) is 0 Å². The third-order valence-corrected chi connectivity index (χ3v) is 5.85. The van der Waals surface area contributed by atoms with Crippen LogP contribution in [0.2, 0.25) is 0 Å². The number of nitrogens with one attached hydrogen (secondary N) is 1. The highest BCUT2D eigenvalue weighted by molar-refractivity contribution is 7.80. The van der Waals surface area contributed by atoms with Crippen LogP contribution in [-0.2, 0) is 23.7 Å². The number of likely N-dealkylation sites (tertiary alicyclic amines) is 1. The predicted octanol–water partition coefficient (Wildman–Crippen LogP) is 5.60. The van der Waals surface area contributed by atoms with Crippen LogP contribution < -0.4 is 5.32 Å². The highest BCUT2D eigenvalue weighted by atomic mass is 32.1. The van der Waals surface area contributed by atoms with Crippen LogP contribution in [0, 0.1) is 0 Å². The number of thiocarbonyl (C=S) groups is 1. The summed E-state index contributed by atoms with van der Waals surface area (Å²) in [5.41, 5.74) is -1.91. The zero-order chi connectivity index (χ0) is 23.5. The topological polar surface area (TPSA) is 24.5 Å². The molecule has 32 heavy (non-hydrogen) atoms. The molecule has 1 heterocycles. The predicted molar refractivity (Wildman–Crippen MR) is 112 cm³/mol. The zero-order valence-corrected chi connectivity index (χ0v) is 17.9. The smallest absolute Gasteiger partial charge is 0.373 e. The normalized spacial score (nSPS) is 19.7. The summed E-state index contributed by atoms with van der Waals surface area (Å²) < 4.78 is 84.7. The molecule has 0 amide bonds. The van der Waals surface area contributed by atoms with E-state index >= 15 is 0 Å². The first-order chi connectivity index (χ1) is 15.0. The number of nitrogens with zero attached hydrogens (tertiary/aromatic N) is 1. The van der Waals surface area contributed by atoms with Crippen LogP contribution in [0.25, 0.3) is 0 Å². The fraction of sp³-hybridized carbons (Fsp3) is 0.409. The number of hydrogen-bond donors (Lipinski definition) is 1. The van der Waals surface area contributed by atoms with Crippen molar-refractivity contribution in [2.45, 2.75) is 37.4 Å². The van der Waals surface area contributed by atoms with E-state index in [1.54, 1.807) is 7.05 Å². The summed E-state index contributed by atoms with van der Waals surface area (Å²) in [4.78, 5) is 1.97. The number of ether oxygens (including phenoxy) is 1. The molecule has 1 aliphatic rings. The van der Waals surface area contributed by atoms with Gasteiger partial charge in [-0.15, -0.1) is 0 Å². The van der Waals surface area contributed by atoms with Crippen LogP contribution in [0.1, 0.15) is 34.6 Å². The van der Waals surface area contributed by atoms with Gasteiger partial charge in [0.1, 0.15) is 0 Å². The van der Waals surface area contributed by atoms with E-state index in [0.29, 0.717) is 36.8 Å². The van der Waals surface area contributed by atoms with Gasteiger partial charge >= 0.3 is 12.4 Å². The minimum absolute atomic E-state index is 0.119. The van der Waals surface area contributed by atoms with Crippen molar-refractivity contribution in [2.75, 3.05) is 20.1 Å². The number of piperidine rings is 1. The van der Waals surface area contributed by atoms with Gasteiger partial charge in [0, 0.05) is 26.1 Å². The number of hydrogen-bond acceptors (Lipinski definition) is 2. The molecular weight excluding hydrogens is 454 g/mol. The molecule has 1 aliphatic heterocycles. The summed E-state index contributed by atoms with van der Waals surface area (Å²) in [6, 6.07) is 11.0.